The smallest absolute Gasteiger partial charge is 0.305 e. The molecule has 3 rings (SSSR count). The minimum atomic E-state index is -1.11. The van der Waals surface area contributed by atoms with Gasteiger partial charge in [0.05, 0.1) is 12.5 Å². The van der Waals surface area contributed by atoms with Crippen LogP contribution < -0.4 is 5.32 Å². The molecule has 0 spiro atoms. The minimum Gasteiger partial charge on any atom is -0.481 e. The molecule has 0 heterocycles. The van der Waals surface area contributed by atoms with Crippen LogP contribution >= 0.6 is 0 Å². The number of carbonyl (C=O) groups excluding carboxylic acids is 1. The first kappa shape index (κ1) is 18.0. The quantitative estimate of drug-likeness (QED) is 0.825. The van der Waals surface area contributed by atoms with Crippen molar-refractivity contribution in [2.45, 2.75) is 24.8 Å². The summed E-state index contributed by atoms with van der Waals surface area (Å²) in [5, 5.41) is 11.7. The largest absolute Gasteiger partial charge is 0.481 e. The lowest BCUT2D eigenvalue weighted by atomic mass is 10.0. The summed E-state index contributed by atoms with van der Waals surface area (Å²) < 4.78 is 39.9. The maximum absolute atomic E-state index is 13.8. The fourth-order valence-electron chi connectivity index (χ4n) is 3.03. The fraction of sp³-hybridized carbons (Fsp3) is 0.263. The molecule has 2 N–H and O–H groups in total. The highest BCUT2D eigenvalue weighted by Gasteiger charge is 2.45. The number of benzene rings is 2. The summed E-state index contributed by atoms with van der Waals surface area (Å²) in [6.45, 7) is 0. The first-order valence-corrected chi connectivity index (χ1v) is 8.07. The van der Waals surface area contributed by atoms with Gasteiger partial charge < -0.3 is 10.4 Å². The van der Waals surface area contributed by atoms with Crippen LogP contribution in [0.25, 0.3) is 0 Å². The third kappa shape index (κ3) is 4.04. The maximum atomic E-state index is 13.8. The van der Waals surface area contributed by atoms with Gasteiger partial charge in [0.2, 0.25) is 5.91 Å². The van der Waals surface area contributed by atoms with E-state index in [-0.39, 0.29) is 17.9 Å². The van der Waals surface area contributed by atoms with Gasteiger partial charge in [-0.25, -0.2) is 13.2 Å². The summed E-state index contributed by atoms with van der Waals surface area (Å²) in [6, 6.07) is 7.60. The summed E-state index contributed by atoms with van der Waals surface area (Å²) >= 11 is 0. The molecule has 2 aromatic rings. The van der Waals surface area contributed by atoms with Crippen LogP contribution in [-0.2, 0) is 9.59 Å². The molecule has 1 saturated carbocycles. The van der Waals surface area contributed by atoms with E-state index in [9.17, 15) is 22.8 Å². The molecular formula is C19H16F3NO3. The molecule has 0 saturated heterocycles. The summed E-state index contributed by atoms with van der Waals surface area (Å²) in [6.07, 6.45) is 0.0390. The van der Waals surface area contributed by atoms with Crippen molar-refractivity contribution in [3.63, 3.8) is 0 Å². The zero-order chi connectivity index (χ0) is 18.8. The number of carboxylic acids is 1. The second kappa shape index (κ2) is 7.19. The Kier molecular flexibility index (Phi) is 4.97. The lowest BCUT2D eigenvalue weighted by Crippen LogP contribution is -2.31. The van der Waals surface area contributed by atoms with Gasteiger partial charge in [0.25, 0.3) is 0 Å². The Hall–Kier alpha value is -2.83. The second-order valence-corrected chi connectivity index (χ2v) is 6.33. The summed E-state index contributed by atoms with van der Waals surface area (Å²) in [5.74, 6) is -4.26. The zero-order valence-corrected chi connectivity index (χ0v) is 13.6. The van der Waals surface area contributed by atoms with Gasteiger partial charge in [0.15, 0.2) is 0 Å². The Bertz CT molecular complexity index is 838. The van der Waals surface area contributed by atoms with Gasteiger partial charge in [-0.3, -0.25) is 9.59 Å². The molecule has 2 aromatic carbocycles. The molecular weight excluding hydrogens is 347 g/mol. The monoisotopic (exact) mass is 363 g/mol. The van der Waals surface area contributed by atoms with E-state index in [1.165, 1.54) is 30.3 Å². The predicted molar refractivity (Wildman–Crippen MR) is 86.7 cm³/mol. The molecule has 3 unspecified atom stereocenters. The Labute approximate surface area is 147 Å². The summed E-state index contributed by atoms with van der Waals surface area (Å²) in [7, 11) is 0. The van der Waals surface area contributed by atoms with Crippen molar-refractivity contribution < 1.29 is 27.9 Å². The number of carbonyl (C=O) groups is 2. The van der Waals surface area contributed by atoms with Crippen LogP contribution in [0, 0.1) is 23.4 Å². The Morgan fingerprint density at radius 2 is 1.73 bits per heavy atom. The number of amides is 1. The molecule has 0 aromatic heterocycles. The number of nitrogens with one attached hydrogen (secondary N) is 1. The van der Waals surface area contributed by atoms with E-state index in [0.717, 1.165) is 12.1 Å². The normalized spacial score (nSPS) is 19.7. The van der Waals surface area contributed by atoms with Crippen LogP contribution in [0.2, 0.25) is 0 Å². The van der Waals surface area contributed by atoms with Crippen LogP contribution in [0.3, 0.4) is 0 Å². The molecule has 1 aliphatic carbocycles. The molecule has 1 amide bonds. The molecule has 7 heteroatoms. The Morgan fingerprint density at radius 1 is 1.08 bits per heavy atom. The predicted octanol–water partition coefficient (Wildman–Crippen LogP) is 3.54. The topological polar surface area (TPSA) is 66.4 Å². The standard InChI is InChI=1S/C19H16F3NO3/c20-11-3-1-10(2-4-11)17(9-18(24)25)23-19(26)15-8-14(15)13-6-5-12(21)7-16(13)22/h1-7,14-15,17H,8-9H2,(H,23,26)(H,24,25). The van der Waals surface area contributed by atoms with Crippen molar-refractivity contribution in [2.24, 2.45) is 5.92 Å². The second-order valence-electron chi connectivity index (χ2n) is 6.33. The molecule has 3 atom stereocenters. The van der Waals surface area contributed by atoms with Crippen LogP contribution in [0.4, 0.5) is 13.2 Å². The van der Waals surface area contributed by atoms with E-state index in [0.29, 0.717) is 12.0 Å². The minimum absolute atomic E-state index is 0.267. The number of hydrogen-bond donors (Lipinski definition) is 2. The van der Waals surface area contributed by atoms with Crippen molar-refractivity contribution >= 4 is 11.9 Å². The van der Waals surface area contributed by atoms with Crippen molar-refractivity contribution in [2.75, 3.05) is 0 Å². The Balaban J connectivity index is 1.70. The SMILES string of the molecule is O=C(O)CC(NC(=O)C1CC1c1ccc(F)cc1F)c1ccc(F)cc1. The van der Waals surface area contributed by atoms with Gasteiger partial charge in [0, 0.05) is 12.0 Å². The Morgan fingerprint density at radius 3 is 2.35 bits per heavy atom. The molecule has 0 bridgehead atoms. The molecule has 0 radical (unpaired) electrons. The van der Waals surface area contributed by atoms with Gasteiger partial charge >= 0.3 is 5.97 Å². The van der Waals surface area contributed by atoms with E-state index in [4.69, 9.17) is 5.11 Å². The van der Waals surface area contributed by atoms with Gasteiger partial charge in [-0.1, -0.05) is 18.2 Å². The van der Waals surface area contributed by atoms with Gasteiger partial charge in [-0.05, 0) is 41.7 Å². The van der Waals surface area contributed by atoms with Gasteiger partial charge in [-0.2, -0.15) is 0 Å². The van der Waals surface area contributed by atoms with E-state index >= 15 is 0 Å². The van der Waals surface area contributed by atoms with Crippen molar-refractivity contribution in [1.82, 2.24) is 5.32 Å². The summed E-state index contributed by atoms with van der Waals surface area (Å²) in [4.78, 5) is 23.5. The molecule has 1 fully saturated rings. The maximum Gasteiger partial charge on any atom is 0.305 e. The van der Waals surface area contributed by atoms with Crippen molar-refractivity contribution in [3.05, 3.63) is 71.0 Å². The van der Waals surface area contributed by atoms with Crippen LogP contribution in [0.1, 0.15) is 35.9 Å². The highest BCUT2D eigenvalue weighted by atomic mass is 19.1. The molecule has 136 valence electrons. The lowest BCUT2D eigenvalue weighted by molar-refractivity contribution is -0.137. The van der Waals surface area contributed by atoms with Crippen molar-refractivity contribution in [3.8, 4) is 0 Å². The van der Waals surface area contributed by atoms with Crippen LogP contribution in [0.5, 0.6) is 0 Å². The molecule has 1 aliphatic rings. The average molecular weight is 363 g/mol. The van der Waals surface area contributed by atoms with Crippen molar-refractivity contribution in [1.29, 1.82) is 0 Å². The first-order valence-electron chi connectivity index (χ1n) is 8.07. The highest BCUT2D eigenvalue weighted by molar-refractivity contribution is 5.84. The number of carboxylic acid groups (broad SMARTS) is 1. The van der Waals surface area contributed by atoms with E-state index in [1.54, 1.807) is 0 Å². The summed E-state index contributed by atoms with van der Waals surface area (Å²) in [5.41, 5.74) is 0.732. The molecule has 0 aliphatic heterocycles. The van der Waals surface area contributed by atoms with Crippen LogP contribution in [-0.4, -0.2) is 17.0 Å². The first-order chi connectivity index (χ1) is 12.3. The number of rotatable bonds is 6. The van der Waals surface area contributed by atoms with E-state index < -0.39 is 41.3 Å². The number of halogens is 3. The van der Waals surface area contributed by atoms with Gasteiger partial charge in [-0.15, -0.1) is 0 Å². The van der Waals surface area contributed by atoms with Gasteiger partial charge in [0.1, 0.15) is 17.5 Å². The van der Waals surface area contributed by atoms with E-state index in [1.807, 2.05) is 0 Å². The highest BCUT2D eigenvalue weighted by Crippen LogP contribution is 2.48. The molecule has 26 heavy (non-hydrogen) atoms. The number of hydrogen-bond acceptors (Lipinski definition) is 2. The number of aliphatic carboxylic acids is 1. The lowest BCUT2D eigenvalue weighted by Gasteiger charge is -2.17. The molecule has 4 nitrogen and oxygen atoms in total. The van der Waals surface area contributed by atoms with Crippen LogP contribution in [0.15, 0.2) is 42.5 Å². The third-order valence-electron chi connectivity index (χ3n) is 4.46. The van der Waals surface area contributed by atoms with E-state index in [2.05, 4.69) is 5.32 Å². The third-order valence-corrected chi connectivity index (χ3v) is 4.46. The average Bonchev–Trinajstić information content (AvgIpc) is 3.35. The zero-order valence-electron chi connectivity index (χ0n) is 13.6. The fourth-order valence-corrected chi connectivity index (χ4v) is 3.03.